The first-order valence-corrected chi connectivity index (χ1v) is 8.67. The van der Waals surface area contributed by atoms with Crippen LogP contribution in [0.25, 0.3) is 0 Å². The van der Waals surface area contributed by atoms with E-state index in [0.717, 1.165) is 15.6 Å². The molecule has 1 N–H and O–H groups in total. The summed E-state index contributed by atoms with van der Waals surface area (Å²) in [6, 6.07) is 16.6. The van der Waals surface area contributed by atoms with Gasteiger partial charge in [0, 0.05) is 4.47 Å². The maximum absolute atomic E-state index is 12.3. The van der Waals surface area contributed by atoms with E-state index < -0.39 is 10.8 Å². The first-order valence-electron chi connectivity index (χ1n) is 7.87. The summed E-state index contributed by atoms with van der Waals surface area (Å²) in [5.41, 5.74) is 3.27. The molecule has 3 aromatic rings. The fraction of sp³-hybridized carbons (Fsp3) is 0.0556. The highest BCUT2D eigenvalue weighted by molar-refractivity contribution is 9.10. The summed E-state index contributed by atoms with van der Waals surface area (Å²) in [6.07, 6.45) is 2.68. The van der Waals surface area contributed by atoms with Gasteiger partial charge >= 0.3 is 5.69 Å². The Labute approximate surface area is 162 Å². The first-order chi connectivity index (χ1) is 13.0. The number of rotatable bonds is 6. The summed E-state index contributed by atoms with van der Waals surface area (Å²) in [5.74, 6) is -0.748. The second-order valence-corrected chi connectivity index (χ2v) is 6.47. The maximum Gasteiger partial charge on any atom is 0.320 e. The van der Waals surface area contributed by atoms with Crippen molar-refractivity contribution in [3.8, 4) is 0 Å². The summed E-state index contributed by atoms with van der Waals surface area (Å²) in [5, 5.41) is 19.1. The molecule has 1 amide bonds. The third-order valence-electron chi connectivity index (χ3n) is 3.57. The molecule has 8 nitrogen and oxygen atoms in total. The van der Waals surface area contributed by atoms with Gasteiger partial charge in [-0.3, -0.25) is 19.6 Å². The van der Waals surface area contributed by atoms with Gasteiger partial charge in [0.2, 0.25) is 5.69 Å². The van der Waals surface area contributed by atoms with Crippen LogP contribution in [0.3, 0.4) is 0 Å². The SMILES string of the molecule is O=C(N/N=C/c1ccccc1)c1nn(Cc2cccc(Br)c2)cc1[N+](=O)[O-]. The highest BCUT2D eigenvalue weighted by Crippen LogP contribution is 2.18. The van der Waals surface area contributed by atoms with Crippen LogP contribution in [0.4, 0.5) is 5.69 Å². The van der Waals surface area contributed by atoms with E-state index in [2.05, 4.69) is 31.6 Å². The van der Waals surface area contributed by atoms with Gasteiger partial charge in [0.25, 0.3) is 5.91 Å². The number of amides is 1. The second kappa shape index (κ2) is 8.37. The summed E-state index contributed by atoms with van der Waals surface area (Å²) in [7, 11) is 0. The van der Waals surface area contributed by atoms with E-state index in [4.69, 9.17) is 0 Å². The fourth-order valence-corrected chi connectivity index (χ4v) is 2.81. The van der Waals surface area contributed by atoms with Gasteiger partial charge < -0.3 is 0 Å². The molecule has 0 bridgehead atoms. The molecule has 136 valence electrons. The third kappa shape index (κ3) is 4.85. The number of carbonyl (C=O) groups excluding carboxylic acids is 1. The third-order valence-corrected chi connectivity index (χ3v) is 4.06. The second-order valence-electron chi connectivity index (χ2n) is 5.56. The van der Waals surface area contributed by atoms with Gasteiger partial charge in [-0.1, -0.05) is 58.4 Å². The predicted octanol–water partition coefficient (Wildman–Crippen LogP) is 3.37. The molecule has 27 heavy (non-hydrogen) atoms. The molecule has 2 aromatic carbocycles. The Morgan fingerprint density at radius 3 is 2.74 bits per heavy atom. The van der Waals surface area contributed by atoms with E-state index >= 15 is 0 Å². The topological polar surface area (TPSA) is 102 Å². The van der Waals surface area contributed by atoms with Gasteiger partial charge in [-0.2, -0.15) is 10.2 Å². The Bertz CT molecular complexity index is 1000. The molecule has 0 fully saturated rings. The number of halogens is 1. The lowest BCUT2D eigenvalue weighted by atomic mass is 10.2. The normalized spacial score (nSPS) is 10.9. The van der Waals surface area contributed by atoms with Crippen molar-refractivity contribution in [2.24, 2.45) is 5.10 Å². The van der Waals surface area contributed by atoms with E-state index in [1.54, 1.807) is 0 Å². The highest BCUT2D eigenvalue weighted by atomic mass is 79.9. The molecule has 0 aliphatic carbocycles. The lowest BCUT2D eigenvalue weighted by Gasteiger charge is -2.01. The lowest BCUT2D eigenvalue weighted by molar-refractivity contribution is -0.385. The van der Waals surface area contributed by atoms with Crippen LogP contribution in [0.15, 0.2) is 70.4 Å². The Kier molecular flexibility index (Phi) is 5.72. The molecule has 1 heterocycles. The monoisotopic (exact) mass is 427 g/mol. The Balaban J connectivity index is 1.77. The quantitative estimate of drug-likeness (QED) is 0.370. The zero-order valence-corrected chi connectivity index (χ0v) is 15.5. The summed E-state index contributed by atoms with van der Waals surface area (Å²) in [6.45, 7) is 0.293. The number of nitro groups is 1. The Morgan fingerprint density at radius 1 is 1.26 bits per heavy atom. The van der Waals surface area contributed by atoms with E-state index in [9.17, 15) is 14.9 Å². The largest absolute Gasteiger partial charge is 0.320 e. The lowest BCUT2D eigenvalue weighted by Crippen LogP contribution is -2.19. The molecule has 0 spiro atoms. The highest BCUT2D eigenvalue weighted by Gasteiger charge is 2.25. The average molecular weight is 428 g/mol. The van der Waals surface area contributed by atoms with Crippen molar-refractivity contribution in [3.63, 3.8) is 0 Å². The van der Waals surface area contributed by atoms with E-state index in [1.807, 2.05) is 54.6 Å². The molecule has 1 aromatic heterocycles. The van der Waals surface area contributed by atoms with Gasteiger partial charge in [-0.15, -0.1) is 0 Å². The predicted molar refractivity (Wildman–Crippen MR) is 104 cm³/mol. The van der Waals surface area contributed by atoms with Crippen molar-refractivity contribution in [1.82, 2.24) is 15.2 Å². The van der Waals surface area contributed by atoms with Gasteiger partial charge in [-0.05, 0) is 23.3 Å². The van der Waals surface area contributed by atoms with Gasteiger partial charge in [0.15, 0.2) is 0 Å². The van der Waals surface area contributed by atoms with Crippen molar-refractivity contribution < 1.29 is 9.72 Å². The standard InChI is InChI=1S/C18H14BrN5O3/c19-15-8-4-7-14(9-15)11-23-12-16(24(26)27)17(22-23)18(25)21-20-10-13-5-2-1-3-6-13/h1-10,12H,11H2,(H,21,25)/b20-10+. The molecule has 9 heteroatoms. The van der Waals surface area contributed by atoms with Gasteiger partial charge in [0.1, 0.15) is 6.20 Å². The van der Waals surface area contributed by atoms with E-state index in [1.165, 1.54) is 17.1 Å². The number of nitrogens with zero attached hydrogens (tertiary/aromatic N) is 4. The number of carbonyl (C=O) groups is 1. The molecule has 0 saturated carbocycles. The Morgan fingerprint density at radius 2 is 2.04 bits per heavy atom. The van der Waals surface area contributed by atoms with Crippen LogP contribution in [-0.2, 0) is 6.54 Å². The van der Waals surface area contributed by atoms with Crippen LogP contribution in [0.5, 0.6) is 0 Å². The number of hydrogen-bond acceptors (Lipinski definition) is 5. The van der Waals surface area contributed by atoms with Crippen molar-refractivity contribution >= 4 is 33.7 Å². The molecule has 0 aliphatic heterocycles. The fourth-order valence-electron chi connectivity index (χ4n) is 2.37. The molecule has 0 radical (unpaired) electrons. The summed E-state index contributed by atoms with van der Waals surface area (Å²) < 4.78 is 2.24. The van der Waals surface area contributed by atoms with Crippen LogP contribution in [-0.4, -0.2) is 26.8 Å². The molecular weight excluding hydrogens is 414 g/mol. The van der Waals surface area contributed by atoms with Crippen LogP contribution in [0.2, 0.25) is 0 Å². The molecule has 3 rings (SSSR count). The van der Waals surface area contributed by atoms with E-state index in [0.29, 0.717) is 6.54 Å². The number of nitrogens with one attached hydrogen (secondary N) is 1. The molecular formula is C18H14BrN5O3. The number of aromatic nitrogens is 2. The average Bonchev–Trinajstić information content (AvgIpc) is 3.07. The van der Waals surface area contributed by atoms with Crippen molar-refractivity contribution in [1.29, 1.82) is 0 Å². The molecule has 0 atom stereocenters. The van der Waals surface area contributed by atoms with Crippen LogP contribution < -0.4 is 5.43 Å². The van der Waals surface area contributed by atoms with Crippen LogP contribution >= 0.6 is 15.9 Å². The Hall–Kier alpha value is -3.33. The summed E-state index contributed by atoms with van der Waals surface area (Å²) in [4.78, 5) is 22.9. The maximum atomic E-state index is 12.3. The van der Waals surface area contributed by atoms with Gasteiger partial charge in [0.05, 0.1) is 17.7 Å². The van der Waals surface area contributed by atoms with Crippen LogP contribution in [0, 0.1) is 10.1 Å². The van der Waals surface area contributed by atoms with E-state index in [-0.39, 0.29) is 11.4 Å². The van der Waals surface area contributed by atoms with Gasteiger partial charge in [-0.25, -0.2) is 5.43 Å². The molecule has 0 saturated heterocycles. The smallest absolute Gasteiger partial charge is 0.265 e. The van der Waals surface area contributed by atoms with Crippen molar-refractivity contribution in [2.45, 2.75) is 6.54 Å². The minimum atomic E-state index is -0.748. The van der Waals surface area contributed by atoms with Crippen molar-refractivity contribution in [2.75, 3.05) is 0 Å². The number of benzene rings is 2. The van der Waals surface area contributed by atoms with Crippen LogP contribution in [0.1, 0.15) is 21.6 Å². The molecule has 0 aliphatic rings. The molecule has 0 unspecified atom stereocenters. The zero-order valence-electron chi connectivity index (χ0n) is 13.9. The minimum absolute atomic E-state index is 0.291. The minimum Gasteiger partial charge on any atom is -0.265 e. The first kappa shape index (κ1) is 18.5. The number of hydrazone groups is 1. The number of hydrogen-bond donors (Lipinski definition) is 1. The zero-order chi connectivity index (χ0) is 19.2. The van der Waals surface area contributed by atoms with Crippen molar-refractivity contribution in [3.05, 3.63) is 92.2 Å². The summed E-state index contributed by atoms with van der Waals surface area (Å²) >= 11 is 3.37.